The third-order valence-corrected chi connectivity index (χ3v) is 7.01. The minimum Gasteiger partial charge on any atom is -0.462 e. The van der Waals surface area contributed by atoms with Gasteiger partial charge in [-0.25, -0.2) is 9.37 Å². The Hall–Kier alpha value is -4.30. The highest BCUT2D eigenvalue weighted by atomic mass is 19.1. The molecule has 2 atom stereocenters. The fourth-order valence-electron chi connectivity index (χ4n) is 5.17. The Morgan fingerprint density at radius 1 is 1.05 bits per heavy atom. The van der Waals surface area contributed by atoms with Gasteiger partial charge in [0.1, 0.15) is 17.7 Å². The van der Waals surface area contributed by atoms with Gasteiger partial charge in [0.15, 0.2) is 5.69 Å². The Labute approximate surface area is 232 Å². The summed E-state index contributed by atoms with van der Waals surface area (Å²) in [6.45, 7) is 4.37. The van der Waals surface area contributed by atoms with Crippen LogP contribution in [0.25, 0.3) is 22.5 Å². The summed E-state index contributed by atoms with van der Waals surface area (Å²) in [6, 6.07) is 23.5. The first kappa shape index (κ1) is 27.3. The van der Waals surface area contributed by atoms with Gasteiger partial charge in [0.25, 0.3) is 5.91 Å². The summed E-state index contributed by atoms with van der Waals surface area (Å²) in [5.74, 6) is -0.692. The third-order valence-electron chi connectivity index (χ3n) is 7.01. The summed E-state index contributed by atoms with van der Waals surface area (Å²) in [7, 11) is 0. The monoisotopic (exact) mass is 541 g/mol. The molecule has 1 aliphatic rings. The van der Waals surface area contributed by atoms with Crippen molar-refractivity contribution in [3.05, 3.63) is 96.1 Å². The smallest absolute Gasteiger partial charge is 0.308 e. The number of aliphatic hydroxyl groups is 1. The minimum atomic E-state index is -0.733. The van der Waals surface area contributed by atoms with E-state index in [0.717, 1.165) is 16.8 Å². The lowest BCUT2D eigenvalue weighted by atomic mass is 10.0. The molecular weight excluding hydrogens is 509 g/mol. The van der Waals surface area contributed by atoms with Gasteiger partial charge in [0, 0.05) is 30.6 Å². The number of carbonyl (C=O) groups excluding carboxylic acids is 2. The third kappa shape index (κ3) is 6.13. The van der Waals surface area contributed by atoms with Gasteiger partial charge >= 0.3 is 5.97 Å². The highest BCUT2D eigenvalue weighted by Crippen LogP contribution is 2.31. The van der Waals surface area contributed by atoms with Crippen LogP contribution in [-0.2, 0) is 16.1 Å². The molecule has 7 nitrogen and oxygen atoms in total. The average molecular weight is 542 g/mol. The molecule has 4 aromatic rings. The molecule has 1 amide bonds. The van der Waals surface area contributed by atoms with E-state index in [1.54, 1.807) is 12.1 Å². The molecule has 0 bridgehead atoms. The normalized spacial score (nSPS) is 17.1. The predicted octanol–water partition coefficient (Wildman–Crippen LogP) is 6.19. The van der Waals surface area contributed by atoms with Crippen LogP contribution in [0.3, 0.4) is 0 Å². The van der Waals surface area contributed by atoms with Crippen LogP contribution < -0.4 is 5.32 Å². The maximum Gasteiger partial charge on any atom is 0.308 e. The molecule has 8 heteroatoms. The topological polar surface area (TPSA) is 93.5 Å². The van der Waals surface area contributed by atoms with Crippen molar-refractivity contribution in [2.24, 2.45) is 0 Å². The number of aliphatic hydroxyl groups excluding tert-OH is 1. The zero-order valence-electron chi connectivity index (χ0n) is 22.5. The van der Waals surface area contributed by atoms with Gasteiger partial charge in [-0.15, -0.1) is 0 Å². The molecule has 0 saturated carbocycles. The van der Waals surface area contributed by atoms with Crippen molar-refractivity contribution in [1.82, 2.24) is 9.55 Å². The number of halogens is 1. The van der Waals surface area contributed by atoms with E-state index in [1.165, 1.54) is 12.1 Å². The molecule has 2 N–H and O–H groups in total. The van der Waals surface area contributed by atoms with E-state index >= 15 is 0 Å². The molecule has 3 aromatic carbocycles. The summed E-state index contributed by atoms with van der Waals surface area (Å²) in [5, 5.41) is 13.1. The summed E-state index contributed by atoms with van der Waals surface area (Å²) in [4.78, 5) is 30.3. The Bertz CT molecular complexity index is 1500. The largest absolute Gasteiger partial charge is 0.462 e. The number of hydrogen-bond donors (Lipinski definition) is 2. The Balaban J connectivity index is 1.48. The number of nitrogens with one attached hydrogen (secondary N) is 1. The number of esters is 1. The van der Waals surface area contributed by atoms with E-state index < -0.39 is 18.2 Å². The molecule has 206 valence electrons. The number of imidazole rings is 1. The van der Waals surface area contributed by atoms with Crippen LogP contribution in [0.5, 0.6) is 0 Å². The van der Waals surface area contributed by atoms with E-state index in [0.29, 0.717) is 36.5 Å². The Kier molecular flexibility index (Phi) is 8.07. The minimum absolute atomic E-state index is 0.00452. The second-order valence-corrected chi connectivity index (χ2v) is 10.4. The average Bonchev–Trinajstić information content (AvgIpc) is 3.32. The molecular formula is C32H32FN3O4. The molecule has 2 heterocycles. The molecule has 0 spiro atoms. The summed E-state index contributed by atoms with van der Waals surface area (Å²) >= 11 is 0. The summed E-state index contributed by atoms with van der Waals surface area (Å²) in [5.41, 5.74) is 4.32. The van der Waals surface area contributed by atoms with E-state index in [1.807, 2.05) is 73.0 Å². The number of cyclic esters (lactones) is 1. The standard InChI is InChI=1S/C32H32FN3O4/c1-20(2)30-29(32(39)34-25-10-6-9-23(17-25)21-7-4-3-5-8-21)35-31(22-11-13-24(33)14-12-22)36(30)16-15-27-18-26(37)19-28(38)40-27/h3-14,17,20,26-27,37H,15-16,18-19H2,1-2H3,(H,34,39)/t26-,27-/m1/s1. The van der Waals surface area contributed by atoms with Gasteiger partial charge in [-0.2, -0.15) is 0 Å². The van der Waals surface area contributed by atoms with Crippen molar-refractivity contribution in [2.75, 3.05) is 5.32 Å². The maximum absolute atomic E-state index is 13.7. The van der Waals surface area contributed by atoms with Crippen molar-refractivity contribution in [1.29, 1.82) is 0 Å². The number of carbonyl (C=O) groups is 2. The highest BCUT2D eigenvalue weighted by molar-refractivity contribution is 6.04. The second-order valence-electron chi connectivity index (χ2n) is 10.4. The molecule has 1 aromatic heterocycles. The Morgan fingerprint density at radius 3 is 2.48 bits per heavy atom. The van der Waals surface area contributed by atoms with E-state index in [2.05, 4.69) is 5.32 Å². The molecule has 40 heavy (non-hydrogen) atoms. The quantitative estimate of drug-likeness (QED) is 0.260. The maximum atomic E-state index is 13.7. The predicted molar refractivity (Wildman–Crippen MR) is 151 cm³/mol. The number of amides is 1. The molecule has 0 radical (unpaired) electrons. The summed E-state index contributed by atoms with van der Waals surface area (Å²) in [6.07, 6.45) is -0.391. The second kappa shape index (κ2) is 11.8. The highest BCUT2D eigenvalue weighted by Gasteiger charge is 2.29. The molecule has 0 aliphatic carbocycles. The van der Waals surface area contributed by atoms with Crippen molar-refractivity contribution < 1.29 is 23.8 Å². The molecule has 1 fully saturated rings. The molecule has 0 unspecified atom stereocenters. The van der Waals surface area contributed by atoms with E-state index in [-0.39, 0.29) is 29.8 Å². The van der Waals surface area contributed by atoms with E-state index in [4.69, 9.17) is 9.72 Å². The van der Waals surface area contributed by atoms with Gasteiger partial charge in [0.05, 0.1) is 18.2 Å². The van der Waals surface area contributed by atoms with Gasteiger partial charge in [-0.05, 0) is 53.4 Å². The zero-order chi connectivity index (χ0) is 28.2. The zero-order valence-corrected chi connectivity index (χ0v) is 22.5. The lowest BCUT2D eigenvalue weighted by Gasteiger charge is -2.26. The first-order valence-corrected chi connectivity index (χ1v) is 13.5. The van der Waals surface area contributed by atoms with E-state index in [9.17, 15) is 19.1 Å². The number of nitrogens with zero attached hydrogens (tertiary/aromatic N) is 2. The number of rotatable bonds is 8. The van der Waals surface area contributed by atoms with Crippen LogP contribution in [0, 0.1) is 5.82 Å². The lowest BCUT2D eigenvalue weighted by molar-refractivity contribution is -0.160. The number of anilines is 1. The fourth-order valence-corrected chi connectivity index (χ4v) is 5.17. The van der Waals surface area contributed by atoms with Crippen molar-refractivity contribution in [2.45, 2.75) is 57.8 Å². The Morgan fingerprint density at radius 2 is 1.77 bits per heavy atom. The summed E-state index contributed by atoms with van der Waals surface area (Å²) < 4.78 is 21.1. The molecule has 1 saturated heterocycles. The first-order chi connectivity index (χ1) is 19.3. The molecule has 1 aliphatic heterocycles. The lowest BCUT2D eigenvalue weighted by Crippen LogP contribution is -2.33. The van der Waals surface area contributed by atoms with Crippen LogP contribution in [0.1, 0.15) is 55.2 Å². The van der Waals surface area contributed by atoms with Gasteiger partial charge in [0.2, 0.25) is 0 Å². The molecule has 5 rings (SSSR count). The fraction of sp³-hybridized carbons (Fsp3) is 0.281. The van der Waals surface area contributed by atoms with Gasteiger partial charge in [-0.1, -0.05) is 56.3 Å². The van der Waals surface area contributed by atoms with Gasteiger partial charge in [-0.3, -0.25) is 9.59 Å². The van der Waals surface area contributed by atoms with Gasteiger partial charge < -0.3 is 19.7 Å². The van der Waals surface area contributed by atoms with Crippen molar-refractivity contribution in [3.8, 4) is 22.5 Å². The van der Waals surface area contributed by atoms with Crippen LogP contribution >= 0.6 is 0 Å². The van der Waals surface area contributed by atoms with Crippen LogP contribution in [0.2, 0.25) is 0 Å². The number of aromatic nitrogens is 2. The van der Waals surface area contributed by atoms with Crippen LogP contribution in [0.15, 0.2) is 78.9 Å². The number of hydrogen-bond acceptors (Lipinski definition) is 5. The van der Waals surface area contributed by atoms with Crippen LogP contribution in [-0.4, -0.2) is 38.7 Å². The van der Waals surface area contributed by atoms with Crippen molar-refractivity contribution >= 4 is 17.6 Å². The number of benzene rings is 3. The van der Waals surface area contributed by atoms with Crippen molar-refractivity contribution in [3.63, 3.8) is 0 Å². The van der Waals surface area contributed by atoms with Crippen LogP contribution in [0.4, 0.5) is 10.1 Å². The SMILES string of the molecule is CC(C)c1c(C(=O)Nc2cccc(-c3ccccc3)c2)nc(-c2ccc(F)cc2)n1CC[C@@H]1C[C@@H](O)CC(=O)O1. The first-order valence-electron chi connectivity index (χ1n) is 13.5. The number of ether oxygens (including phenoxy) is 1.